The molecule has 0 saturated carbocycles. The van der Waals surface area contributed by atoms with Gasteiger partial charge in [-0.2, -0.15) is 0 Å². The summed E-state index contributed by atoms with van der Waals surface area (Å²) in [6, 6.07) is 10.8. The number of nitrogens with zero attached hydrogens (tertiary/aromatic N) is 3. The lowest BCUT2D eigenvalue weighted by molar-refractivity contribution is 0.102. The molecule has 1 amide bonds. The van der Waals surface area contributed by atoms with E-state index in [9.17, 15) is 4.79 Å². The molecule has 0 bridgehead atoms. The van der Waals surface area contributed by atoms with Crippen molar-refractivity contribution in [1.82, 2.24) is 19.9 Å². The molecule has 2 N–H and O–H groups in total. The maximum absolute atomic E-state index is 12.5. The molecule has 0 aliphatic heterocycles. The first-order valence-corrected chi connectivity index (χ1v) is 7.83. The number of ether oxygens (including phenoxy) is 2. The molecule has 0 radical (unpaired) electrons. The Morgan fingerprint density at radius 3 is 2.50 bits per heavy atom. The van der Waals surface area contributed by atoms with Crippen LogP contribution in [0.25, 0.3) is 22.1 Å². The lowest BCUT2D eigenvalue weighted by Crippen LogP contribution is -2.15. The van der Waals surface area contributed by atoms with E-state index in [0.29, 0.717) is 34.0 Å². The lowest BCUT2D eigenvalue weighted by Gasteiger charge is -2.06. The monoisotopic (exact) mass is 349 g/mol. The molecule has 4 rings (SSSR count). The van der Waals surface area contributed by atoms with Crippen LogP contribution in [-0.4, -0.2) is 40.1 Å². The first-order chi connectivity index (χ1) is 12.7. The van der Waals surface area contributed by atoms with Gasteiger partial charge >= 0.3 is 0 Å². The summed E-state index contributed by atoms with van der Waals surface area (Å²) in [5.74, 6) is 1.03. The first kappa shape index (κ1) is 15.8. The largest absolute Gasteiger partial charge is 0.493 e. The molecule has 8 nitrogen and oxygen atoms in total. The number of methoxy groups -OCH3 is 2. The maximum atomic E-state index is 12.5. The van der Waals surface area contributed by atoms with E-state index in [2.05, 4.69) is 25.3 Å². The number of rotatable bonds is 4. The van der Waals surface area contributed by atoms with Gasteiger partial charge in [0.05, 0.1) is 42.5 Å². The fourth-order valence-electron chi connectivity index (χ4n) is 2.63. The molecule has 2 aromatic carbocycles. The molecule has 0 aliphatic carbocycles. The number of carbonyl (C=O) groups is 1. The normalized spacial score (nSPS) is 10.8. The Kier molecular flexibility index (Phi) is 3.85. The van der Waals surface area contributed by atoms with Crippen LogP contribution in [0.2, 0.25) is 0 Å². The van der Waals surface area contributed by atoms with Gasteiger partial charge in [-0.25, -0.2) is 9.97 Å². The summed E-state index contributed by atoms with van der Waals surface area (Å²) in [7, 11) is 3.11. The molecule has 0 fully saturated rings. The molecule has 2 heterocycles. The van der Waals surface area contributed by atoms with Crippen molar-refractivity contribution in [2.45, 2.75) is 0 Å². The zero-order valence-corrected chi connectivity index (χ0v) is 14.1. The predicted octanol–water partition coefficient (Wildman–Crippen LogP) is 2.78. The average Bonchev–Trinajstić information content (AvgIpc) is 3.07. The number of carbonyl (C=O) groups excluding carboxylic acids is 1. The van der Waals surface area contributed by atoms with Crippen LogP contribution in [0.15, 0.2) is 42.6 Å². The van der Waals surface area contributed by atoms with Gasteiger partial charge in [0, 0.05) is 12.1 Å². The molecular weight excluding hydrogens is 334 g/mol. The van der Waals surface area contributed by atoms with Gasteiger partial charge in [-0.1, -0.05) is 12.1 Å². The Balaban J connectivity index is 1.64. The molecule has 0 saturated heterocycles. The van der Waals surface area contributed by atoms with Gasteiger partial charge in [-0.05, 0) is 12.1 Å². The van der Waals surface area contributed by atoms with Crippen molar-refractivity contribution < 1.29 is 14.3 Å². The topological polar surface area (TPSA) is 102 Å². The van der Waals surface area contributed by atoms with Crippen LogP contribution < -0.4 is 14.8 Å². The highest BCUT2D eigenvalue weighted by molar-refractivity contribution is 6.03. The number of hydrogen-bond acceptors (Lipinski definition) is 6. The molecular formula is C18H15N5O3. The molecule has 4 aromatic rings. The number of hydrogen-bond donors (Lipinski definition) is 2. The number of aromatic amines is 1. The first-order valence-electron chi connectivity index (χ1n) is 7.83. The molecule has 8 heteroatoms. The third-order valence-corrected chi connectivity index (χ3v) is 3.90. The van der Waals surface area contributed by atoms with E-state index in [1.807, 2.05) is 18.2 Å². The number of aromatic nitrogens is 4. The van der Waals surface area contributed by atoms with Gasteiger partial charge in [0.2, 0.25) is 5.95 Å². The quantitative estimate of drug-likeness (QED) is 0.587. The Morgan fingerprint density at radius 2 is 1.73 bits per heavy atom. The van der Waals surface area contributed by atoms with Gasteiger partial charge in [0.25, 0.3) is 5.91 Å². The van der Waals surface area contributed by atoms with E-state index < -0.39 is 5.91 Å². The SMILES string of the molecule is COc1cc2nc(NC(=O)c3cnc4ccccc4n3)[nH]c2cc1OC. The third kappa shape index (κ3) is 2.77. The fraction of sp³-hybridized carbons (Fsp3) is 0.111. The summed E-state index contributed by atoms with van der Waals surface area (Å²) in [5.41, 5.74) is 2.94. The summed E-state index contributed by atoms with van der Waals surface area (Å²) < 4.78 is 10.5. The second-order valence-electron chi connectivity index (χ2n) is 5.51. The Hall–Kier alpha value is -3.68. The van der Waals surface area contributed by atoms with Gasteiger partial charge in [-0.3, -0.25) is 15.1 Å². The van der Waals surface area contributed by atoms with Crippen molar-refractivity contribution in [1.29, 1.82) is 0 Å². The summed E-state index contributed by atoms with van der Waals surface area (Å²) in [5, 5.41) is 2.70. The van der Waals surface area contributed by atoms with E-state index in [1.165, 1.54) is 6.20 Å². The molecule has 0 aliphatic rings. The van der Waals surface area contributed by atoms with Crippen molar-refractivity contribution >= 4 is 33.9 Å². The number of anilines is 1. The molecule has 0 unspecified atom stereocenters. The summed E-state index contributed by atoms with van der Waals surface area (Å²) >= 11 is 0. The second-order valence-corrected chi connectivity index (χ2v) is 5.51. The zero-order chi connectivity index (χ0) is 18.1. The fourth-order valence-corrected chi connectivity index (χ4v) is 2.63. The highest BCUT2D eigenvalue weighted by atomic mass is 16.5. The van der Waals surface area contributed by atoms with Crippen LogP contribution in [-0.2, 0) is 0 Å². The zero-order valence-electron chi connectivity index (χ0n) is 14.1. The van der Waals surface area contributed by atoms with Gasteiger partial charge in [0.1, 0.15) is 5.69 Å². The summed E-state index contributed by atoms with van der Waals surface area (Å²) in [4.78, 5) is 28.4. The number of fused-ring (bicyclic) bond motifs is 2. The Bertz CT molecular complexity index is 1080. The number of H-pyrrole nitrogens is 1. The van der Waals surface area contributed by atoms with Gasteiger partial charge in [0.15, 0.2) is 11.5 Å². The second kappa shape index (κ2) is 6.32. The van der Waals surface area contributed by atoms with Crippen LogP contribution in [0.4, 0.5) is 5.95 Å². The van der Waals surface area contributed by atoms with Crippen LogP contribution in [0.5, 0.6) is 11.5 Å². The van der Waals surface area contributed by atoms with Crippen LogP contribution in [0, 0.1) is 0 Å². The van der Waals surface area contributed by atoms with Crippen LogP contribution >= 0.6 is 0 Å². The number of para-hydroxylation sites is 2. The van der Waals surface area contributed by atoms with Crippen LogP contribution in [0.1, 0.15) is 10.5 Å². The van der Waals surface area contributed by atoms with Crippen molar-refractivity contribution in [3.05, 3.63) is 48.3 Å². The number of amides is 1. The highest BCUT2D eigenvalue weighted by Crippen LogP contribution is 2.31. The van der Waals surface area contributed by atoms with E-state index in [4.69, 9.17) is 9.47 Å². The Morgan fingerprint density at radius 1 is 1.00 bits per heavy atom. The minimum Gasteiger partial charge on any atom is -0.493 e. The minimum absolute atomic E-state index is 0.208. The smallest absolute Gasteiger partial charge is 0.278 e. The third-order valence-electron chi connectivity index (χ3n) is 3.90. The number of benzene rings is 2. The molecule has 0 spiro atoms. The van der Waals surface area contributed by atoms with Crippen molar-refractivity contribution in [2.24, 2.45) is 0 Å². The van der Waals surface area contributed by atoms with Crippen LogP contribution in [0.3, 0.4) is 0 Å². The van der Waals surface area contributed by atoms with E-state index in [1.54, 1.807) is 32.4 Å². The maximum Gasteiger partial charge on any atom is 0.278 e. The van der Waals surface area contributed by atoms with Crippen molar-refractivity contribution in [3.8, 4) is 11.5 Å². The predicted molar refractivity (Wildman–Crippen MR) is 96.7 cm³/mol. The average molecular weight is 349 g/mol. The molecule has 26 heavy (non-hydrogen) atoms. The molecule has 2 aromatic heterocycles. The standard InChI is InChI=1S/C18H15N5O3/c1-25-15-7-12-13(8-16(15)26-2)22-18(21-12)23-17(24)14-9-19-10-5-3-4-6-11(10)20-14/h3-9H,1-2H3,(H2,21,22,23,24). The lowest BCUT2D eigenvalue weighted by atomic mass is 10.3. The van der Waals surface area contributed by atoms with Gasteiger partial charge < -0.3 is 14.5 Å². The minimum atomic E-state index is -0.402. The van der Waals surface area contributed by atoms with E-state index in [-0.39, 0.29) is 5.69 Å². The van der Waals surface area contributed by atoms with Crippen molar-refractivity contribution in [3.63, 3.8) is 0 Å². The van der Waals surface area contributed by atoms with Crippen molar-refractivity contribution in [2.75, 3.05) is 19.5 Å². The number of nitrogens with one attached hydrogen (secondary N) is 2. The Labute approximate surface area is 148 Å². The highest BCUT2D eigenvalue weighted by Gasteiger charge is 2.14. The molecule has 0 atom stereocenters. The molecule has 130 valence electrons. The summed E-state index contributed by atoms with van der Waals surface area (Å²) in [6.45, 7) is 0. The number of imidazole rings is 1. The van der Waals surface area contributed by atoms with E-state index in [0.717, 1.165) is 5.52 Å². The van der Waals surface area contributed by atoms with Gasteiger partial charge in [-0.15, -0.1) is 0 Å². The summed E-state index contributed by atoms with van der Waals surface area (Å²) in [6.07, 6.45) is 1.44. The van der Waals surface area contributed by atoms with E-state index >= 15 is 0 Å².